The number of imidazole rings is 1. The zero-order valence-electron chi connectivity index (χ0n) is 17.4. The van der Waals surface area contributed by atoms with Crippen LogP contribution in [-0.2, 0) is 17.9 Å². The number of para-hydroxylation sites is 2. The molecule has 1 aromatic heterocycles. The van der Waals surface area contributed by atoms with Gasteiger partial charge in [0.15, 0.2) is 0 Å². The molecule has 0 aliphatic carbocycles. The van der Waals surface area contributed by atoms with E-state index in [2.05, 4.69) is 57.0 Å². The van der Waals surface area contributed by atoms with Crippen LogP contribution in [0.15, 0.2) is 48.5 Å². The minimum absolute atomic E-state index is 0.00803. The summed E-state index contributed by atoms with van der Waals surface area (Å²) in [6.45, 7) is 7.55. The van der Waals surface area contributed by atoms with Crippen molar-refractivity contribution in [2.24, 2.45) is 0 Å². The molecule has 0 radical (unpaired) electrons. The summed E-state index contributed by atoms with van der Waals surface area (Å²) < 4.78 is 2.24. The highest BCUT2D eigenvalue weighted by molar-refractivity contribution is 5.82. The standard InChI is InChI=1S/C24H30N4O/c1-18-8-5-9-20(16-18)17-27-14-6-12-23(27)24(29)25-13-7-15-28-19(2)26-21-10-3-4-11-22(21)28/h3-5,8-11,16,23H,6-7,12-15,17H2,1-2H3,(H,25,29). The quantitative estimate of drug-likeness (QED) is 0.624. The molecule has 1 amide bonds. The van der Waals surface area contributed by atoms with E-state index >= 15 is 0 Å². The Labute approximate surface area is 172 Å². The second-order valence-electron chi connectivity index (χ2n) is 8.06. The topological polar surface area (TPSA) is 50.2 Å². The number of carbonyl (C=O) groups is 1. The van der Waals surface area contributed by atoms with Gasteiger partial charge in [0.25, 0.3) is 0 Å². The Bertz CT molecular complexity index is 993. The average Bonchev–Trinajstić information content (AvgIpc) is 3.29. The van der Waals surface area contributed by atoms with E-state index in [-0.39, 0.29) is 11.9 Å². The van der Waals surface area contributed by atoms with Crippen LogP contribution in [0, 0.1) is 13.8 Å². The highest BCUT2D eigenvalue weighted by atomic mass is 16.2. The third-order valence-electron chi connectivity index (χ3n) is 5.84. The Balaban J connectivity index is 1.29. The maximum atomic E-state index is 12.8. The number of fused-ring (bicyclic) bond motifs is 1. The lowest BCUT2D eigenvalue weighted by Crippen LogP contribution is -2.43. The first kappa shape index (κ1) is 19.6. The summed E-state index contributed by atoms with van der Waals surface area (Å²) in [4.78, 5) is 19.7. The molecule has 5 nitrogen and oxygen atoms in total. The lowest BCUT2D eigenvalue weighted by molar-refractivity contribution is -0.125. The fourth-order valence-corrected chi connectivity index (χ4v) is 4.40. The van der Waals surface area contributed by atoms with Crippen molar-refractivity contribution in [3.8, 4) is 0 Å². The van der Waals surface area contributed by atoms with Crippen LogP contribution in [0.3, 0.4) is 0 Å². The molecule has 1 aliphatic rings. The zero-order chi connectivity index (χ0) is 20.2. The van der Waals surface area contributed by atoms with Crippen LogP contribution in [0.5, 0.6) is 0 Å². The van der Waals surface area contributed by atoms with Gasteiger partial charge in [-0.05, 0) is 57.4 Å². The van der Waals surface area contributed by atoms with Crippen molar-refractivity contribution in [1.29, 1.82) is 0 Å². The van der Waals surface area contributed by atoms with Crippen LogP contribution < -0.4 is 5.32 Å². The lowest BCUT2D eigenvalue weighted by atomic mass is 10.1. The van der Waals surface area contributed by atoms with Gasteiger partial charge in [-0.2, -0.15) is 0 Å². The van der Waals surface area contributed by atoms with Crippen LogP contribution in [0.2, 0.25) is 0 Å². The molecule has 1 aliphatic heterocycles. The Morgan fingerprint density at radius 1 is 1.17 bits per heavy atom. The second kappa shape index (κ2) is 8.78. The van der Waals surface area contributed by atoms with Gasteiger partial charge in [-0.25, -0.2) is 4.98 Å². The van der Waals surface area contributed by atoms with Crippen molar-refractivity contribution >= 4 is 16.9 Å². The fraction of sp³-hybridized carbons (Fsp3) is 0.417. The fourth-order valence-electron chi connectivity index (χ4n) is 4.40. The minimum Gasteiger partial charge on any atom is -0.355 e. The molecule has 1 N–H and O–H groups in total. The number of aromatic nitrogens is 2. The second-order valence-corrected chi connectivity index (χ2v) is 8.06. The molecule has 1 saturated heterocycles. The molecule has 0 spiro atoms. The summed E-state index contributed by atoms with van der Waals surface area (Å²) in [5.74, 6) is 1.19. The molecule has 2 aromatic carbocycles. The van der Waals surface area contributed by atoms with E-state index in [0.717, 1.165) is 55.8 Å². The monoisotopic (exact) mass is 390 g/mol. The van der Waals surface area contributed by atoms with Gasteiger partial charge in [-0.1, -0.05) is 42.0 Å². The molecule has 0 saturated carbocycles. The third-order valence-corrected chi connectivity index (χ3v) is 5.84. The van der Waals surface area contributed by atoms with Gasteiger partial charge < -0.3 is 9.88 Å². The molecule has 1 unspecified atom stereocenters. The Morgan fingerprint density at radius 3 is 2.90 bits per heavy atom. The molecule has 3 aromatic rings. The molecule has 4 rings (SSSR count). The highest BCUT2D eigenvalue weighted by Crippen LogP contribution is 2.21. The number of hydrogen-bond donors (Lipinski definition) is 1. The van der Waals surface area contributed by atoms with E-state index in [1.807, 2.05) is 25.1 Å². The number of likely N-dealkylation sites (tertiary alicyclic amines) is 1. The summed E-state index contributed by atoms with van der Waals surface area (Å²) in [5, 5.41) is 3.17. The van der Waals surface area contributed by atoms with Crippen LogP contribution in [0.25, 0.3) is 11.0 Å². The van der Waals surface area contributed by atoms with Crippen molar-refractivity contribution in [3.63, 3.8) is 0 Å². The van der Waals surface area contributed by atoms with Crippen LogP contribution in [0.4, 0.5) is 0 Å². The van der Waals surface area contributed by atoms with E-state index in [1.54, 1.807) is 0 Å². The highest BCUT2D eigenvalue weighted by Gasteiger charge is 2.30. The number of rotatable bonds is 7. The van der Waals surface area contributed by atoms with E-state index in [4.69, 9.17) is 0 Å². The van der Waals surface area contributed by atoms with E-state index in [9.17, 15) is 4.79 Å². The molecule has 152 valence electrons. The summed E-state index contributed by atoms with van der Waals surface area (Å²) in [7, 11) is 0. The normalized spacial score (nSPS) is 17.1. The van der Waals surface area contributed by atoms with Crippen molar-refractivity contribution in [1.82, 2.24) is 19.8 Å². The predicted octanol–water partition coefficient (Wildman–Crippen LogP) is 3.82. The lowest BCUT2D eigenvalue weighted by Gasteiger charge is -2.24. The first-order chi connectivity index (χ1) is 14.1. The van der Waals surface area contributed by atoms with Crippen molar-refractivity contribution < 1.29 is 4.79 Å². The minimum atomic E-state index is -0.00803. The van der Waals surface area contributed by atoms with Gasteiger partial charge in [-0.3, -0.25) is 9.69 Å². The number of nitrogens with one attached hydrogen (secondary N) is 1. The number of benzene rings is 2. The molecule has 0 bridgehead atoms. The SMILES string of the molecule is Cc1cccc(CN2CCCC2C(=O)NCCCn2c(C)nc3ccccc32)c1. The third kappa shape index (κ3) is 4.51. The largest absolute Gasteiger partial charge is 0.355 e. The molecular weight excluding hydrogens is 360 g/mol. The van der Waals surface area contributed by atoms with Crippen molar-refractivity contribution in [3.05, 3.63) is 65.5 Å². The number of carbonyl (C=O) groups excluding carboxylic acids is 1. The molecular formula is C24H30N4O. The van der Waals surface area contributed by atoms with Gasteiger partial charge in [0.2, 0.25) is 5.91 Å². The Morgan fingerprint density at radius 2 is 2.03 bits per heavy atom. The molecule has 2 heterocycles. The molecule has 1 fully saturated rings. The number of amides is 1. The average molecular weight is 391 g/mol. The molecule has 1 atom stereocenters. The van der Waals surface area contributed by atoms with Crippen molar-refractivity contribution in [2.75, 3.05) is 13.1 Å². The van der Waals surface area contributed by atoms with Gasteiger partial charge in [-0.15, -0.1) is 0 Å². The zero-order valence-corrected chi connectivity index (χ0v) is 17.4. The summed E-state index contributed by atoms with van der Waals surface area (Å²) in [5.41, 5.74) is 4.75. The van der Waals surface area contributed by atoms with Crippen LogP contribution in [0.1, 0.15) is 36.2 Å². The predicted molar refractivity (Wildman–Crippen MR) is 117 cm³/mol. The summed E-state index contributed by atoms with van der Waals surface area (Å²) in [6, 6.07) is 16.8. The summed E-state index contributed by atoms with van der Waals surface area (Å²) >= 11 is 0. The van der Waals surface area contributed by atoms with Crippen molar-refractivity contribution in [2.45, 2.75) is 52.2 Å². The van der Waals surface area contributed by atoms with E-state index in [1.165, 1.54) is 11.1 Å². The first-order valence-electron chi connectivity index (χ1n) is 10.6. The maximum absolute atomic E-state index is 12.8. The number of hydrogen-bond acceptors (Lipinski definition) is 3. The van der Waals surface area contributed by atoms with Gasteiger partial charge in [0.1, 0.15) is 5.82 Å². The summed E-state index contributed by atoms with van der Waals surface area (Å²) in [6.07, 6.45) is 2.94. The van der Waals surface area contributed by atoms with Gasteiger partial charge >= 0.3 is 0 Å². The molecule has 5 heteroatoms. The van der Waals surface area contributed by atoms with Gasteiger partial charge in [0.05, 0.1) is 17.1 Å². The number of aryl methyl sites for hydroxylation is 3. The van der Waals surface area contributed by atoms with Crippen LogP contribution in [-0.4, -0.2) is 39.5 Å². The molecule has 29 heavy (non-hydrogen) atoms. The Hall–Kier alpha value is -2.66. The number of nitrogens with zero attached hydrogens (tertiary/aromatic N) is 3. The Kier molecular flexibility index (Phi) is 5.95. The van der Waals surface area contributed by atoms with E-state index < -0.39 is 0 Å². The maximum Gasteiger partial charge on any atom is 0.237 e. The van der Waals surface area contributed by atoms with E-state index in [0.29, 0.717) is 6.54 Å². The van der Waals surface area contributed by atoms with Gasteiger partial charge in [0, 0.05) is 19.6 Å². The first-order valence-corrected chi connectivity index (χ1v) is 10.6. The smallest absolute Gasteiger partial charge is 0.237 e. The van der Waals surface area contributed by atoms with Crippen LogP contribution >= 0.6 is 0 Å².